The molecule has 0 radical (unpaired) electrons. The van der Waals surface area contributed by atoms with Crippen LogP contribution in [-0.2, 0) is 5.41 Å². The lowest BCUT2D eigenvalue weighted by Gasteiger charge is -2.36. The molecular formula is C57H38N2. The highest BCUT2D eigenvalue weighted by molar-refractivity contribution is 6.22. The fraction of sp³-hybridized carbons (Fsp3) is 0.0175. The third-order valence-electron chi connectivity index (χ3n) is 12.0. The van der Waals surface area contributed by atoms with Crippen molar-refractivity contribution in [3.63, 3.8) is 0 Å². The molecule has 2 nitrogen and oxygen atoms in total. The number of fused-ring (bicyclic) bond motifs is 5. The minimum absolute atomic E-state index is 0.783. The molecule has 0 amide bonds. The van der Waals surface area contributed by atoms with Crippen LogP contribution in [0.5, 0.6) is 0 Å². The van der Waals surface area contributed by atoms with Gasteiger partial charge in [-0.2, -0.15) is 0 Å². The van der Waals surface area contributed by atoms with Gasteiger partial charge in [-0.1, -0.05) is 200 Å². The van der Waals surface area contributed by atoms with Crippen molar-refractivity contribution in [3.05, 3.63) is 253 Å². The fourth-order valence-corrected chi connectivity index (χ4v) is 9.36. The lowest BCUT2D eigenvalue weighted by Crippen LogP contribution is -2.32. The number of rotatable bonds is 7. The first-order valence-electron chi connectivity index (χ1n) is 20.2. The summed E-state index contributed by atoms with van der Waals surface area (Å²) < 4.78 is 0. The van der Waals surface area contributed by atoms with Crippen molar-refractivity contribution in [3.8, 4) is 33.4 Å². The predicted octanol–water partition coefficient (Wildman–Crippen LogP) is 14.5. The number of aromatic nitrogens is 2. The third kappa shape index (κ3) is 5.72. The summed E-state index contributed by atoms with van der Waals surface area (Å²) in [5.41, 5.74) is 12.6. The molecule has 0 saturated heterocycles. The van der Waals surface area contributed by atoms with E-state index >= 15 is 0 Å². The minimum Gasteiger partial charge on any atom is -0.254 e. The Morgan fingerprint density at radius 2 is 0.797 bits per heavy atom. The fourth-order valence-electron chi connectivity index (χ4n) is 9.36. The Labute approximate surface area is 343 Å². The zero-order chi connectivity index (χ0) is 39.2. The van der Waals surface area contributed by atoms with Crippen LogP contribution in [0, 0.1) is 0 Å². The molecule has 0 spiro atoms. The van der Waals surface area contributed by atoms with Crippen LogP contribution in [0.4, 0.5) is 0 Å². The Bertz CT molecular complexity index is 3250. The number of hydrogen-bond acceptors (Lipinski definition) is 2. The van der Waals surface area contributed by atoms with E-state index in [1.807, 2.05) is 12.3 Å². The molecule has 0 fully saturated rings. The first-order chi connectivity index (χ1) is 29.3. The molecular weight excluding hydrogens is 713 g/mol. The summed E-state index contributed by atoms with van der Waals surface area (Å²) in [6.07, 6.45) is 1.86. The summed E-state index contributed by atoms with van der Waals surface area (Å²) in [4.78, 5) is 10.5. The first-order valence-corrected chi connectivity index (χ1v) is 20.2. The highest BCUT2D eigenvalue weighted by atomic mass is 14.8. The number of nitrogens with zero attached hydrogens (tertiary/aromatic N) is 2. The second-order valence-electron chi connectivity index (χ2n) is 15.3. The van der Waals surface area contributed by atoms with Gasteiger partial charge in [0.05, 0.1) is 22.1 Å². The van der Waals surface area contributed by atoms with E-state index in [-0.39, 0.29) is 0 Å². The number of hydrogen-bond donors (Lipinski definition) is 0. The maximum Gasteiger partial charge on any atom is 0.0968 e. The van der Waals surface area contributed by atoms with Crippen LogP contribution in [0.15, 0.2) is 231 Å². The largest absolute Gasteiger partial charge is 0.254 e. The average molecular weight is 751 g/mol. The Morgan fingerprint density at radius 1 is 0.305 bits per heavy atom. The van der Waals surface area contributed by atoms with Crippen molar-refractivity contribution in [1.82, 2.24) is 9.97 Å². The zero-order valence-electron chi connectivity index (χ0n) is 32.3. The van der Waals surface area contributed by atoms with Gasteiger partial charge in [-0.25, -0.2) is 4.98 Å². The van der Waals surface area contributed by atoms with Gasteiger partial charge >= 0.3 is 0 Å². The van der Waals surface area contributed by atoms with E-state index in [2.05, 4.69) is 218 Å². The second-order valence-corrected chi connectivity index (χ2v) is 15.3. The van der Waals surface area contributed by atoms with E-state index < -0.39 is 5.41 Å². The molecule has 11 aromatic rings. The van der Waals surface area contributed by atoms with Gasteiger partial charge in [-0.15, -0.1) is 0 Å². The van der Waals surface area contributed by atoms with E-state index in [0.717, 1.165) is 44.2 Å². The monoisotopic (exact) mass is 750 g/mol. The van der Waals surface area contributed by atoms with E-state index in [1.54, 1.807) is 0 Å². The molecule has 0 bridgehead atoms. The molecule has 9 aromatic carbocycles. The summed E-state index contributed by atoms with van der Waals surface area (Å²) in [5, 5.41) is 6.97. The Morgan fingerprint density at radius 3 is 1.39 bits per heavy atom. The summed E-state index contributed by atoms with van der Waals surface area (Å²) in [5.74, 6) is 0. The third-order valence-corrected chi connectivity index (χ3v) is 12.0. The summed E-state index contributed by atoms with van der Waals surface area (Å²) in [6.45, 7) is 0. The van der Waals surface area contributed by atoms with Gasteiger partial charge in [0.1, 0.15) is 0 Å². The van der Waals surface area contributed by atoms with Crippen LogP contribution in [0.2, 0.25) is 0 Å². The van der Waals surface area contributed by atoms with Gasteiger partial charge in [0.15, 0.2) is 0 Å². The van der Waals surface area contributed by atoms with Crippen molar-refractivity contribution in [2.24, 2.45) is 0 Å². The topological polar surface area (TPSA) is 25.8 Å². The molecule has 0 aliphatic heterocycles. The van der Waals surface area contributed by atoms with Crippen LogP contribution in [0.25, 0.3) is 76.7 Å². The van der Waals surface area contributed by atoms with Crippen LogP contribution in [0.3, 0.4) is 0 Å². The van der Waals surface area contributed by atoms with E-state index in [0.29, 0.717) is 0 Å². The molecule has 59 heavy (non-hydrogen) atoms. The maximum absolute atomic E-state index is 5.66. The molecule has 11 rings (SSSR count). The standard InChI is InChI=1S/C57H38N2/c1-6-17-39(18-7-1)44-30-33-48-50(37-44)53(40-19-8-2-9-20-40)49-34-32-47(38-51(49)54(48)41-21-10-3-11-22-41)57(45-24-12-4-13-25-45,46-26-14-5-15-27-46)52-35-31-43-29-28-42-23-16-36-58-55(42)56(43)59-52/h1-38H. The normalized spacial score (nSPS) is 11.7. The quantitative estimate of drug-likeness (QED) is 0.0921. The van der Waals surface area contributed by atoms with E-state index in [9.17, 15) is 0 Å². The van der Waals surface area contributed by atoms with Gasteiger partial charge in [0.25, 0.3) is 0 Å². The Hall–Kier alpha value is -7.68. The molecule has 276 valence electrons. The molecule has 0 aliphatic carbocycles. The molecule has 0 unspecified atom stereocenters. The molecule has 2 heterocycles. The zero-order valence-corrected chi connectivity index (χ0v) is 32.3. The molecule has 0 N–H and O–H groups in total. The lowest BCUT2D eigenvalue weighted by atomic mass is 9.66. The van der Waals surface area contributed by atoms with E-state index in [1.165, 1.54) is 54.9 Å². The lowest BCUT2D eigenvalue weighted by molar-refractivity contribution is 0.720. The smallest absolute Gasteiger partial charge is 0.0968 e. The second kappa shape index (κ2) is 14.4. The summed E-state index contributed by atoms with van der Waals surface area (Å²) >= 11 is 0. The van der Waals surface area contributed by atoms with Crippen molar-refractivity contribution >= 4 is 43.4 Å². The minimum atomic E-state index is -0.783. The molecule has 2 aromatic heterocycles. The van der Waals surface area contributed by atoms with Crippen LogP contribution >= 0.6 is 0 Å². The Balaban J connectivity index is 1.30. The van der Waals surface area contributed by atoms with Gasteiger partial charge in [0.2, 0.25) is 0 Å². The predicted molar refractivity (Wildman–Crippen MR) is 247 cm³/mol. The molecule has 0 aliphatic rings. The first kappa shape index (κ1) is 34.6. The Kier molecular flexibility index (Phi) is 8.41. The number of pyridine rings is 2. The van der Waals surface area contributed by atoms with E-state index in [4.69, 9.17) is 9.97 Å². The molecule has 0 atom stereocenters. The van der Waals surface area contributed by atoms with Crippen molar-refractivity contribution in [2.75, 3.05) is 0 Å². The van der Waals surface area contributed by atoms with Gasteiger partial charge < -0.3 is 0 Å². The van der Waals surface area contributed by atoms with Crippen molar-refractivity contribution in [2.45, 2.75) is 5.41 Å². The molecule has 0 saturated carbocycles. The summed E-state index contributed by atoms with van der Waals surface area (Å²) in [6, 6.07) is 81.3. The van der Waals surface area contributed by atoms with Crippen LogP contribution in [0.1, 0.15) is 22.4 Å². The highest BCUT2D eigenvalue weighted by Crippen LogP contribution is 2.50. The summed E-state index contributed by atoms with van der Waals surface area (Å²) in [7, 11) is 0. The SMILES string of the molecule is c1ccc(-c2ccc3c(-c4ccccc4)c4cc(C(c5ccccc5)(c5ccccc5)c5ccc6ccc7cccnc7c6n5)ccc4c(-c4ccccc4)c3c2)cc1. The van der Waals surface area contributed by atoms with Crippen molar-refractivity contribution in [1.29, 1.82) is 0 Å². The maximum atomic E-state index is 5.66. The molecule has 2 heteroatoms. The van der Waals surface area contributed by atoms with Gasteiger partial charge in [0, 0.05) is 17.0 Å². The van der Waals surface area contributed by atoms with Gasteiger partial charge in [-0.05, 0) is 95.9 Å². The van der Waals surface area contributed by atoms with Crippen LogP contribution < -0.4 is 0 Å². The van der Waals surface area contributed by atoms with Gasteiger partial charge in [-0.3, -0.25) is 4.98 Å². The highest BCUT2D eigenvalue weighted by Gasteiger charge is 2.40. The van der Waals surface area contributed by atoms with Crippen LogP contribution in [-0.4, -0.2) is 9.97 Å². The van der Waals surface area contributed by atoms with Crippen molar-refractivity contribution < 1.29 is 0 Å². The average Bonchev–Trinajstić information content (AvgIpc) is 3.32. The number of benzene rings is 9.